The Hall–Kier alpha value is -3.07. The van der Waals surface area contributed by atoms with Gasteiger partial charge in [0.25, 0.3) is 5.91 Å². The van der Waals surface area contributed by atoms with Crippen LogP contribution in [-0.4, -0.2) is 52.1 Å². The zero-order valence-corrected chi connectivity index (χ0v) is 16.6. The van der Waals surface area contributed by atoms with Crippen LogP contribution in [0, 0.1) is 6.92 Å². The van der Waals surface area contributed by atoms with E-state index in [1.807, 2.05) is 0 Å². The SMILES string of the molecule is Cc1cccc(-c2cc(C(=O)N(Cc3ccco3)C3CCS(=O)(=O)C3)[nH]n2)c1O. The van der Waals surface area contributed by atoms with Gasteiger partial charge in [0.05, 0.1) is 30.0 Å². The Morgan fingerprint density at radius 3 is 2.86 bits per heavy atom. The van der Waals surface area contributed by atoms with Crippen molar-refractivity contribution in [2.24, 2.45) is 0 Å². The first-order chi connectivity index (χ1) is 13.8. The Kier molecular flexibility index (Phi) is 4.91. The van der Waals surface area contributed by atoms with E-state index in [1.54, 1.807) is 43.3 Å². The van der Waals surface area contributed by atoms with E-state index in [0.29, 0.717) is 29.0 Å². The predicted octanol–water partition coefficient (Wildman–Crippen LogP) is 2.51. The number of H-pyrrole nitrogens is 1. The van der Waals surface area contributed by atoms with Crippen LogP contribution in [0.25, 0.3) is 11.3 Å². The molecular formula is C20H21N3O5S. The van der Waals surface area contributed by atoms with E-state index in [9.17, 15) is 18.3 Å². The van der Waals surface area contributed by atoms with E-state index in [-0.39, 0.29) is 35.4 Å². The minimum Gasteiger partial charge on any atom is -0.507 e. The van der Waals surface area contributed by atoms with Crippen molar-refractivity contribution in [3.8, 4) is 17.0 Å². The van der Waals surface area contributed by atoms with Gasteiger partial charge in [-0.3, -0.25) is 9.89 Å². The Labute approximate surface area is 168 Å². The third kappa shape index (κ3) is 3.91. The lowest BCUT2D eigenvalue weighted by atomic mass is 10.1. The summed E-state index contributed by atoms with van der Waals surface area (Å²) >= 11 is 0. The van der Waals surface area contributed by atoms with Crippen LogP contribution in [0.15, 0.2) is 47.1 Å². The van der Waals surface area contributed by atoms with Gasteiger partial charge >= 0.3 is 0 Å². The maximum atomic E-state index is 13.2. The summed E-state index contributed by atoms with van der Waals surface area (Å²) in [6.07, 6.45) is 1.90. The van der Waals surface area contributed by atoms with Gasteiger partial charge in [0.15, 0.2) is 9.84 Å². The first-order valence-corrected chi connectivity index (χ1v) is 11.0. The number of aromatic amines is 1. The molecule has 1 saturated heterocycles. The van der Waals surface area contributed by atoms with Crippen molar-refractivity contribution in [1.29, 1.82) is 0 Å². The monoisotopic (exact) mass is 415 g/mol. The largest absolute Gasteiger partial charge is 0.507 e. The van der Waals surface area contributed by atoms with Gasteiger partial charge in [0, 0.05) is 11.6 Å². The van der Waals surface area contributed by atoms with Crippen LogP contribution in [0.1, 0.15) is 28.2 Å². The molecule has 0 saturated carbocycles. The molecule has 2 N–H and O–H groups in total. The summed E-state index contributed by atoms with van der Waals surface area (Å²) in [6.45, 7) is 1.94. The van der Waals surface area contributed by atoms with Gasteiger partial charge in [-0.1, -0.05) is 12.1 Å². The number of furan rings is 1. The van der Waals surface area contributed by atoms with E-state index < -0.39 is 15.9 Å². The minimum atomic E-state index is -3.17. The van der Waals surface area contributed by atoms with E-state index in [1.165, 1.54) is 11.2 Å². The molecule has 0 radical (unpaired) electrons. The highest BCUT2D eigenvalue weighted by atomic mass is 32.2. The summed E-state index contributed by atoms with van der Waals surface area (Å²) in [5.74, 6) is 0.296. The highest BCUT2D eigenvalue weighted by Gasteiger charge is 2.36. The number of nitrogens with zero attached hydrogens (tertiary/aromatic N) is 2. The molecule has 0 bridgehead atoms. The zero-order valence-electron chi connectivity index (χ0n) is 15.8. The fourth-order valence-corrected chi connectivity index (χ4v) is 5.28. The van der Waals surface area contributed by atoms with Gasteiger partial charge in [0.1, 0.15) is 17.2 Å². The molecule has 152 valence electrons. The molecular weight excluding hydrogens is 394 g/mol. The second kappa shape index (κ2) is 7.40. The summed E-state index contributed by atoms with van der Waals surface area (Å²) in [6, 6.07) is 9.89. The fourth-order valence-electron chi connectivity index (χ4n) is 3.55. The van der Waals surface area contributed by atoms with Crippen LogP contribution in [0.2, 0.25) is 0 Å². The molecule has 1 aromatic carbocycles. The summed E-state index contributed by atoms with van der Waals surface area (Å²) < 4.78 is 29.3. The summed E-state index contributed by atoms with van der Waals surface area (Å²) in [5.41, 5.74) is 1.87. The quantitative estimate of drug-likeness (QED) is 0.661. The molecule has 3 heterocycles. The molecule has 2 aromatic heterocycles. The second-order valence-electron chi connectivity index (χ2n) is 7.21. The number of sulfone groups is 1. The Morgan fingerprint density at radius 2 is 2.17 bits per heavy atom. The number of hydrogen-bond donors (Lipinski definition) is 2. The average molecular weight is 415 g/mol. The third-order valence-electron chi connectivity index (χ3n) is 5.14. The summed E-state index contributed by atoms with van der Waals surface area (Å²) in [7, 11) is -3.17. The number of carbonyl (C=O) groups excluding carboxylic acids is 1. The smallest absolute Gasteiger partial charge is 0.272 e. The van der Waals surface area contributed by atoms with Crippen LogP contribution >= 0.6 is 0 Å². The fraction of sp³-hybridized carbons (Fsp3) is 0.300. The molecule has 1 aliphatic rings. The number of phenols is 1. The highest BCUT2D eigenvalue weighted by molar-refractivity contribution is 7.91. The first kappa shape index (κ1) is 19.3. The molecule has 1 amide bonds. The van der Waals surface area contributed by atoms with Gasteiger partial charge in [0.2, 0.25) is 0 Å². The zero-order chi connectivity index (χ0) is 20.6. The van der Waals surface area contributed by atoms with Crippen LogP contribution in [0.3, 0.4) is 0 Å². The van der Waals surface area contributed by atoms with Crippen molar-refractivity contribution in [2.75, 3.05) is 11.5 Å². The molecule has 29 heavy (non-hydrogen) atoms. The number of para-hydroxylation sites is 1. The Balaban J connectivity index is 1.64. The lowest BCUT2D eigenvalue weighted by molar-refractivity contribution is 0.0660. The van der Waals surface area contributed by atoms with E-state index in [2.05, 4.69) is 10.2 Å². The number of nitrogens with one attached hydrogen (secondary N) is 1. The molecule has 0 aliphatic carbocycles. The second-order valence-corrected chi connectivity index (χ2v) is 9.44. The van der Waals surface area contributed by atoms with Crippen molar-refractivity contribution >= 4 is 15.7 Å². The molecule has 1 aliphatic heterocycles. The number of hydrogen-bond acceptors (Lipinski definition) is 6. The minimum absolute atomic E-state index is 0.0605. The molecule has 4 rings (SSSR count). The number of benzene rings is 1. The van der Waals surface area contributed by atoms with Crippen molar-refractivity contribution in [3.63, 3.8) is 0 Å². The third-order valence-corrected chi connectivity index (χ3v) is 6.89. The van der Waals surface area contributed by atoms with Crippen molar-refractivity contribution in [3.05, 3.63) is 59.7 Å². The Morgan fingerprint density at radius 1 is 1.34 bits per heavy atom. The molecule has 1 unspecified atom stereocenters. The van der Waals surface area contributed by atoms with Gasteiger partial charge in [-0.05, 0) is 43.2 Å². The van der Waals surface area contributed by atoms with Gasteiger partial charge in [-0.2, -0.15) is 5.10 Å². The number of aromatic nitrogens is 2. The van der Waals surface area contributed by atoms with E-state index in [0.717, 1.165) is 0 Å². The molecule has 1 fully saturated rings. The van der Waals surface area contributed by atoms with E-state index in [4.69, 9.17) is 4.42 Å². The number of amides is 1. The molecule has 3 aromatic rings. The normalized spacial score (nSPS) is 18.0. The van der Waals surface area contributed by atoms with Crippen molar-refractivity contribution in [2.45, 2.75) is 25.9 Å². The standard InChI is InChI=1S/C20H21N3O5S/c1-13-4-2-6-16(19(13)24)17-10-18(22-21-17)20(25)23(11-15-5-3-8-28-15)14-7-9-29(26,27)12-14/h2-6,8,10,14,24H,7,9,11-12H2,1H3,(H,21,22). The first-order valence-electron chi connectivity index (χ1n) is 9.22. The van der Waals surface area contributed by atoms with Crippen molar-refractivity contribution in [1.82, 2.24) is 15.1 Å². The number of carbonyl (C=O) groups is 1. The molecule has 9 heteroatoms. The van der Waals surface area contributed by atoms with Gasteiger partial charge in [-0.25, -0.2) is 8.42 Å². The molecule has 8 nitrogen and oxygen atoms in total. The number of phenolic OH excluding ortho intramolecular Hbond substituents is 1. The van der Waals surface area contributed by atoms with Gasteiger partial charge < -0.3 is 14.4 Å². The van der Waals surface area contributed by atoms with E-state index >= 15 is 0 Å². The van der Waals surface area contributed by atoms with Crippen LogP contribution in [0.4, 0.5) is 0 Å². The van der Waals surface area contributed by atoms with Gasteiger partial charge in [-0.15, -0.1) is 0 Å². The average Bonchev–Trinajstić information content (AvgIpc) is 3.42. The van der Waals surface area contributed by atoms with Crippen LogP contribution < -0.4 is 0 Å². The van der Waals surface area contributed by atoms with Crippen LogP contribution in [-0.2, 0) is 16.4 Å². The number of aryl methyl sites for hydroxylation is 1. The predicted molar refractivity (Wildman–Crippen MR) is 106 cm³/mol. The number of aromatic hydroxyl groups is 1. The lowest BCUT2D eigenvalue weighted by Gasteiger charge is -2.26. The number of rotatable bonds is 5. The van der Waals surface area contributed by atoms with Crippen LogP contribution in [0.5, 0.6) is 5.75 Å². The maximum Gasteiger partial charge on any atom is 0.272 e. The summed E-state index contributed by atoms with van der Waals surface area (Å²) in [4.78, 5) is 14.7. The Bertz CT molecular complexity index is 1130. The molecule has 1 atom stereocenters. The lowest BCUT2D eigenvalue weighted by Crippen LogP contribution is -2.40. The highest BCUT2D eigenvalue weighted by Crippen LogP contribution is 2.31. The molecule has 0 spiro atoms. The summed E-state index contributed by atoms with van der Waals surface area (Å²) in [5, 5.41) is 17.2. The maximum absolute atomic E-state index is 13.2. The topological polar surface area (TPSA) is 116 Å². The van der Waals surface area contributed by atoms with Crippen molar-refractivity contribution < 1.29 is 22.7 Å².